The molecule has 9 heteroatoms. The number of carbonyl (C=O) groups is 1. The summed E-state index contributed by atoms with van der Waals surface area (Å²) >= 11 is 0. The van der Waals surface area contributed by atoms with Gasteiger partial charge >= 0.3 is 7.82 Å². The Morgan fingerprint density at radius 2 is 0.726 bits per heavy atom. The van der Waals surface area contributed by atoms with Crippen LogP contribution < -0.4 is 5.32 Å². The first-order valence-electron chi connectivity index (χ1n) is 34.2. The Morgan fingerprint density at radius 3 is 1.10 bits per heavy atom. The Morgan fingerprint density at radius 1 is 0.417 bits per heavy atom. The molecule has 0 aromatic heterocycles. The minimum Gasteiger partial charge on any atom is -0.387 e. The van der Waals surface area contributed by atoms with Gasteiger partial charge in [-0.25, -0.2) is 4.57 Å². The highest BCUT2D eigenvalue weighted by Gasteiger charge is 2.27. The van der Waals surface area contributed by atoms with Crippen molar-refractivity contribution < 1.29 is 32.9 Å². The maximum absolute atomic E-state index is 13.0. The SMILES string of the molecule is CC/C=C\C/C=C\C/C=C\C/C=C\C/C=C\C/C=C\C/C=C\C/C=C\C/C=C\C/C=C\CCCCCCCCCCC(=O)NC(COP(=O)(O)OCC[N+](C)(C)C)C(O)/C=C/CC/C=C/CCCCCCCCCCCCCCCCCCC. The van der Waals surface area contributed by atoms with Crippen LogP contribution in [0.4, 0.5) is 0 Å². The first-order valence-corrected chi connectivity index (χ1v) is 35.7. The van der Waals surface area contributed by atoms with E-state index in [0.717, 1.165) is 116 Å². The molecule has 0 aliphatic rings. The van der Waals surface area contributed by atoms with Crippen molar-refractivity contribution >= 4 is 13.7 Å². The highest BCUT2D eigenvalue weighted by atomic mass is 31.2. The molecule has 0 aliphatic carbocycles. The molecule has 3 N–H and O–H groups in total. The molecular weight excluding hydrogens is 1060 g/mol. The molecule has 0 heterocycles. The van der Waals surface area contributed by atoms with Crippen LogP contribution in [-0.4, -0.2) is 73.4 Å². The molecule has 84 heavy (non-hydrogen) atoms. The van der Waals surface area contributed by atoms with Gasteiger partial charge in [0.1, 0.15) is 13.2 Å². The van der Waals surface area contributed by atoms with Crippen LogP contribution >= 0.6 is 7.82 Å². The van der Waals surface area contributed by atoms with Gasteiger partial charge in [-0.2, -0.15) is 0 Å². The monoisotopic (exact) mass is 1190 g/mol. The van der Waals surface area contributed by atoms with Gasteiger partial charge in [0, 0.05) is 6.42 Å². The van der Waals surface area contributed by atoms with E-state index in [-0.39, 0.29) is 19.1 Å². The average molecular weight is 1190 g/mol. The van der Waals surface area contributed by atoms with Crippen LogP contribution in [0.2, 0.25) is 0 Å². The minimum absolute atomic E-state index is 0.0476. The predicted molar refractivity (Wildman–Crippen MR) is 368 cm³/mol. The van der Waals surface area contributed by atoms with E-state index in [1.165, 1.54) is 135 Å². The summed E-state index contributed by atoms with van der Waals surface area (Å²) in [5.74, 6) is -0.199. The fraction of sp³-hybridized carbons (Fsp3) is 0.667. The summed E-state index contributed by atoms with van der Waals surface area (Å²) < 4.78 is 23.8. The number of carbonyl (C=O) groups excluding carboxylic acids is 1. The molecular formula is C75H130N2O6P+. The summed E-state index contributed by atoms with van der Waals surface area (Å²) in [6.45, 7) is 4.68. The highest BCUT2D eigenvalue weighted by molar-refractivity contribution is 7.47. The van der Waals surface area contributed by atoms with Gasteiger partial charge in [-0.1, -0.05) is 301 Å². The third-order valence-electron chi connectivity index (χ3n) is 14.5. The Bertz CT molecular complexity index is 1880. The lowest BCUT2D eigenvalue weighted by Gasteiger charge is -2.25. The molecule has 8 nitrogen and oxygen atoms in total. The van der Waals surface area contributed by atoms with E-state index in [0.29, 0.717) is 17.4 Å². The van der Waals surface area contributed by atoms with Crippen molar-refractivity contribution in [1.29, 1.82) is 0 Å². The minimum atomic E-state index is -4.37. The number of nitrogens with one attached hydrogen (secondary N) is 1. The molecule has 0 aliphatic heterocycles. The molecule has 0 fully saturated rings. The molecule has 1 amide bonds. The van der Waals surface area contributed by atoms with E-state index in [4.69, 9.17) is 9.05 Å². The molecule has 0 bridgehead atoms. The molecule has 0 saturated carbocycles. The van der Waals surface area contributed by atoms with Crippen molar-refractivity contribution in [1.82, 2.24) is 5.32 Å². The zero-order chi connectivity index (χ0) is 61.2. The standard InChI is InChI=1S/C75H129N2O6P/c1-6-8-10-12-14-16-18-20-22-24-26-28-30-31-32-33-34-35-36-37-38-39-40-41-42-43-44-45-47-49-51-53-55-57-59-61-63-65-67-69-75(79)76-73(72-83-84(80,81)82-71-70-77(3,4)5)74(78)68-66-64-62-60-58-56-54-52-50-48-46-29-27-25-23-21-19-17-15-13-11-9-7-2/h8,10,14,16,20,22,26,28,31-32,34-35,37-38,40-41,43-44,47,49,58,60,66,68,73-74,78H,6-7,9,11-13,15,17-19,21,23-25,27,29-30,33,36,39,42,45-46,48,50-57,59,61-65,67,69-72H2,1-5H3,(H-,76,79,80,81)/p+1/b10-8-,16-14-,22-20-,28-26-,32-31-,35-34-,38-37-,41-40-,44-43-,49-47-,60-58+,68-66+. The summed E-state index contributed by atoms with van der Waals surface area (Å²) in [5, 5.41) is 14.0. The maximum atomic E-state index is 13.0. The number of aliphatic hydroxyl groups is 1. The lowest BCUT2D eigenvalue weighted by molar-refractivity contribution is -0.870. The van der Waals surface area contributed by atoms with Crippen LogP contribution in [0, 0.1) is 0 Å². The Kier molecular flexibility index (Phi) is 61.1. The second-order valence-corrected chi connectivity index (χ2v) is 25.3. The molecule has 0 aromatic rings. The normalized spacial score (nSPS) is 14.6. The quantitative estimate of drug-likeness (QED) is 0.0243. The molecule has 3 atom stereocenters. The lowest BCUT2D eigenvalue weighted by atomic mass is 10.0. The Labute approximate surface area is 519 Å². The van der Waals surface area contributed by atoms with Crippen molar-refractivity contribution in [3.05, 3.63) is 146 Å². The van der Waals surface area contributed by atoms with Crippen LogP contribution in [-0.2, 0) is 18.4 Å². The summed E-state index contributed by atoms with van der Waals surface area (Å²) in [6.07, 6.45) is 98.4. The average Bonchev–Trinajstić information content (AvgIpc) is 3.56. The molecule has 0 radical (unpaired) electrons. The van der Waals surface area contributed by atoms with E-state index in [9.17, 15) is 19.4 Å². The van der Waals surface area contributed by atoms with Gasteiger partial charge in [-0.3, -0.25) is 13.8 Å². The number of hydrogen-bond acceptors (Lipinski definition) is 5. The topological polar surface area (TPSA) is 105 Å². The van der Waals surface area contributed by atoms with Crippen molar-refractivity contribution in [3.63, 3.8) is 0 Å². The van der Waals surface area contributed by atoms with Gasteiger partial charge in [-0.05, 0) is 109 Å². The smallest absolute Gasteiger partial charge is 0.387 e. The van der Waals surface area contributed by atoms with Crippen molar-refractivity contribution in [2.24, 2.45) is 0 Å². The Hall–Kier alpha value is -3.62. The lowest BCUT2D eigenvalue weighted by Crippen LogP contribution is -2.45. The third-order valence-corrected chi connectivity index (χ3v) is 15.5. The first kappa shape index (κ1) is 80.4. The summed E-state index contributed by atoms with van der Waals surface area (Å²) in [6, 6.07) is -0.880. The second-order valence-electron chi connectivity index (χ2n) is 23.8. The van der Waals surface area contributed by atoms with E-state index in [1.807, 2.05) is 27.2 Å². The summed E-state index contributed by atoms with van der Waals surface area (Å²) in [4.78, 5) is 23.4. The maximum Gasteiger partial charge on any atom is 0.472 e. The number of nitrogens with zero attached hydrogens (tertiary/aromatic N) is 1. The summed E-state index contributed by atoms with van der Waals surface area (Å²) in [7, 11) is 1.53. The zero-order valence-electron chi connectivity index (χ0n) is 54.8. The largest absolute Gasteiger partial charge is 0.472 e. The first-order chi connectivity index (χ1) is 41.0. The Balaban J connectivity index is 4.19. The van der Waals surface area contributed by atoms with Gasteiger partial charge in [-0.15, -0.1) is 0 Å². The number of quaternary nitrogens is 1. The zero-order valence-corrected chi connectivity index (χ0v) is 55.7. The molecule has 0 spiro atoms. The fourth-order valence-corrected chi connectivity index (χ4v) is 10.00. The van der Waals surface area contributed by atoms with Crippen LogP contribution in [0.3, 0.4) is 0 Å². The highest BCUT2D eigenvalue weighted by Crippen LogP contribution is 2.43. The van der Waals surface area contributed by atoms with Crippen LogP contribution in [0.1, 0.15) is 271 Å². The third kappa shape index (κ3) is 65.9. The van der Waals surface area contributed by atoms with Crippen molar-refractivity contribution in [3.8, 4) is 0 Å². The van der Waals surface area contributed by atoms with E-state index in [1.54, 1.807) is 6.08 Å². The fourth-order valence-electron chi connectivity index (χ4n) is 9.26. The van der Waals surface area contributed by atoms with Crippen molar-refractivity contribution in [2.45, 2.75) is 283 Å². The van der Waals surface area contributed by atoms with Gasteiger partial charge in [0.05, 0.1) is 39.9 Å². The van der Waals surface area contributed by atoms with Crippen LogP contribution in [0.5, 0.6) is 0 Å². The van der Waals surface area contributed by atoms with Crippen LogP contribution in [0.25, 0.3) is 0 Å². The number of allylic oxidation sites excluding steroid dienone is 23. The van der Waals surface area contributed by atoms with E-state index >= 15 is 0 Å². The number of aliphatic hydroxyl groups excluding tert-OH is 1. The van der Waals surface area contributed by atoms with Crippen LogP contribution in [0.15, 0.2) is 146 Å². The number of hydrogen-bond donors (Lipinski definition) is 3. The second kappa shape index (κ2) is 63.9. The molecule has 480 valence electrons. The van der Waals surface area contributed by atoms with Crippen molar-refractivity contribution in [2.75, 3.05) is 40.9 Å². The molecule has 0 rings (SSSR count). The predicted octanol–water partition coefficient (Wildman–Crippen LogP) is 22.0. The number of unbranched alkanes of at least 4 members (excludes halogenated alkanes) is 26. The molecule has 3 unspecified atom stereocenters. The van der Waals surface area contributed by atoms with E-state index in [2.05, 4.69) is 153 Å². The number of phosphoric ester groups is 1. The van der Waals surface area contributed by atoms with Gasteiger partial charge in [0.15, 0.2) is 0 Å². The van der Waals surface area contributed by atoms with Gasteiger partial charge < -0.3 is 19.8 Å². The number of phosphoric acid groups is 1. The molecule has 0 aromatic carbocycles. The number of amides is 1. The molecule has 0 saturated heterocycles. The summed E-state index contributed by atoms with van der Waals surface area (Å²) in [5.41, 5.74) is 0. The van der Waals surface area contributed by atoms with E-state index < -0.39 is 20.0 Å². The number of rotatable bonds is 61. The number of likely N-dealkylation sites (N-methyl/N-ethyl adjacent to an activating group) is 1. The van der Waals surface area contributed by atoms with Gasteiger partial charge in [0.25, 0.3) is 0 Å². The van der Waals surface area contributed by atoms with Gasteiger partial charge in [0.2, 0.25) is 5.91 Å².